The van der Waals surface area contributed by atoms with Gasteiger partial charge in [-0.25, -0.2) is 4.79 Å². The molecule has 3 amide bonds. The van der Waals surface area contributed by atoms with Crippen molar-refractivity contribution in [3.63, 3.8) is 0 Å². The van der Waals surface area contributed by atoms with Gasteiger partial charge in [0.25, 0.3) is 5.56 Å². The Morgan fingerprint density at radius 2 is 1.73 bits per heavy atom. The molecule has 3 fully saturated rings. The summed E-state index contributed by atoms with van der Waals surface area (Å²) in [5, 5.41) is 5.86. The third-order valence-electron chi connectivity index (χ3n) is 8.25. The lowest BCUT2D eigenvalue weighted by Crippen LogP contribution is -2.53. The van der Waals surface area contributed by atoms with E-state index in [1.54, 1.807) is 13.0 Å². The first-order chi connectivity index (χ1) is 16.0. The van der Waals surface area contributed by atoms with Crippen molar-refractivity contribution in [2.75, 3.05) is 31.5 Å². The lowest BCUT2D eigenvalue weighted by molar-refractivity contribution is -0.130. The van der Waals surface area contributed by atoms with Crippen LogP contribution in [0.1, 0.15) is 69.9 Å². The third-order valence-corrected chi connectivity index (χ3v) is 8.25. The molecule has 8 nitrogen and oxygen atoms in total. The van der Waals surface area contributed by atoms with Crippen molar-refractivity contribution in [3.05, 3.63) is 28.2 Å². The zero-order chi connectivity index (χ0) is 22.9. The number of hydrogen-bond donors (Lipinski definition) is 2. The molecule has 1 aliphatic carbocycles. The van der Waals surface area contributed by atoms with Crippen LogP contribution in [0.5, 0.6) is 0 Å². The van der Waals surface area contributed by atoms with Crippen LogP contribution in [0.3, 0.4) is 0 Å². The molecule has 3 aliphatic heterocycles. The first-order valence-corrected chi connectivity index (χ1v) is 12.8. The van der Waals surface area contributed by atoms with E-state index >= 15 is 0 Å². The number of carbonyl (C=O) groups is 2. The summed E-state index contributed by atoms with van der Waals surface area (Å²) in [7, 11) is 0. The lowest BCUT2D eigenvalue weighted by atomic mass is 9.82. The standard InChI is InChI=1S/C25H37N5O3/c1-17(31)28-11-9-21(10-12-28)29-14-18-13-19(16-29)23-8-7-22(24(32)30(23)15-18)27-25(33)26-20-5-3-2-4-6-20/h7-8,18-21H,2-6,9-16H2,1H3,(H2,26,27,33)/t18-,19+/m0/s1. The number of amides is 3. The zero-order valence-electron chi connectivity index (χ0n) is 19.7. The van der Waals surface area contributed by atoms with Gasteiger partial charge >= 0.3 is 6.03 Å². The van der Waals surface area contributed by atoms with E-state index in [0.717, 1.165) is 76.8 Å². The molecule has 0 unspecified atom stereocenters. The Balaban J connectivity index is 1.24. The Morgan fingerprint density at radius 3 is 2.45 bits per heavy atom. The van der Waals surface area contributed by atoms with Gasteiger partial charge < -0.3 is 20.1 Å². The summed E-state index contributed by atoms with van der Waals surface area (Å²) in [6.07, 6.45) is 8.77. The number of anilines is 1. The Morgan fingerprint density at radius 1 is 0.970 bits per heavy atom. The van der Waals surface area contributed by atoms with Crippen LogP contribution >= 0.6 is 0 Å². The van der Waals surface area contributed by atoms with Crippen LogP contribution in [0.15, 0.2) is 16.9 Å². The van der Waals surface area contributed by atoms with Crippen molar-refractivity contribution in [2.24, 2.45) is 5.92 Å². The van der Waals surface area contributed by atoms with Crippen LogP contribution in [0.4, 0.5) is 10.5 Å². The molecule has 0 radical (unpaired) electrons. The summed E-state index contributed by atoms with van der Waals surface area (Å²) in [6, 6.07) is 4.30. The summed E-state index contributed by atoms with van der Waals surface area (Å²) in [5.74, 6) is 0.973. The van der Waals surface area contributed by atoms with Crippen molar-refractivity contribution in [2.45, 2.75) is 82.8 Å². The molecule has 1 aromatic rings. The normalized spacial score (nSPS) is 26.5. The Labute approximate surface area is 195 Å². The molecule has 1 aromatic heterocycles. The van der Waals surface area contributed by atoms with Gasteiger partial charge in [0.2, 0.25) is 5.91 Å². The van der Waals surface area contributed by atoms with Crippen LogP contribution in [0, 0.1) is 5.92 Å². The molecular weight excluding hydrogens is 418 g/mol. The number of pyridine rings is 1. The number of likely N-dealkylation sites (tertiary alicyclic amines) is 2. The molecule has 1 saturated carbocycles. The molecule has 5 rings (SSSR count). The van der Waals surface area contributed by atoms with E-state index in [1.165, 1.54) is 6.42 Å². The number of fused-ring (bicyclic) bond motifs is 4. The van der Waals surface area contributed by atoms with Gasteiger partial charge in [-0.3, -0.25) is 14.5 Å². The van der Waals surface area contributed by atoms with Gasteiger partial charge in [0.1, 0.15) is 5.69 Å². The van der Waals surface area contributed by atoms with Gasteiger partial charge in [0, 0.05) is 63.3 Å². The fraction of sp³-hybridized carbons (Fsp3) is 0.720. The van der Waals surface area contributed by atoms with E-state index in [4.69, 9.17) is 0 Å². The van der Waals surface area contributed by atoms with E-state index in [1.807, 2.05) is 15.5 Å². The molecule has 4 aliphatic rings. The van der Waals surface area contributed by atoms with Crippen molar-refractivity contribution in [1.82, 2.24) is 19.7 Å². The van der Waals surface area contributed by atoms with Crippen LogP contribution < -0.4 is 16.2 Å². The van der Waals surface area contributed by atoms with Crippen LogP contribution in [-0.4, -0.2) is 64.6 Å². The van der Waals surface area contributed by atoms with Crippen molar-refractivity contribution < 1.29 is 9.59 Å². The smallest absolute Gasteiger partial charge is 0.319 e. The molecule has 8 heteroatoms. The largest absolute Gasteiger partial charge is 0.343 e. The topological polar surface area (TPSA) is 86.7 Å². The highest BCUT2D eigenvalue weighted by Crippen LogP contribution is 2.37. The second kappa shape index (κ2) is 9.49. The molecular formula is C25H37N5O3. The minimum absolute atomic E-state index is 0.0794. The summed E-state index contributed by atoms with van der Waals surface area (Å²) in [6.45, 7) is 6.04. The summed E-state index contributed by atoms with van der Waals surface area (Å²) >= 11 is 0. The van der Waals surface area contributed by atoms with Crippen LogP contribution in [-0.2, 0) is 11.3 Å². The summed E-state index contributed by atoms with van der Waals surface area (Å²) < 4.78 is 1.91. The molecule has 2 saturated heterocycles. The number of nitrogens with zero attached hydrogens (tertiary/aromatic N) is 3. The number of rotatable bonds is 3. The third kappa shape index (κ3) is 4.81. The molecule has 33 heavy (non-hydrogen) atoms. The monoisotopic (exact) mass is 455 g/mol. The highest BCUT2D eigenvalue weighted by atomic mass is 16.2. The lowest BCUT2D eigenvalue weighted by Gasteiger charge is -2.47. The molecule has 2 bridgehead atoms. The van der Waals surface area contributed by atoms with E-state index in [-0.39, 0.29) is 23.5 Å². The molecule has 0 spiro atoms. The molecule has 180 valence electrons. The number of nitrogens with one attached hydrogen (secondary N) is 2. The first kappa shape index (κ1) is 22.4. The van der Waals surface area contributed by atoms with E-state index < -0.39 is 0 Å². The molecule has 2 N–H and O–H groups in total. The maximum Gasteiger partial charge on any atom is 0.319 e. The maximum atomic E-state index is 13.2. The number of urea groups is 1. The predicted octanol–water partition coefficient (Wildman–Crippen LogP) is 2.73. The molecule has 0 aromatic carbocycles. The van der Waals surface area contributed by atoms with Gasteiger partial charge in [0.15, 0.2) is 0 Å². The number of carbonyl (C=O) groups excluding carboxylic acids is 2. The average molecular weight is 456 g/mol. The quantitative estimate of drug-likeness (QED) is 0.734. The predicted molar refractivity (Wildman–Crippen MR) is 127 cm³/mol. The maximum absolute atomic E-state index is 13.2. The SMILES string of the molecule is CC(=O)N1CCC(N2C[C@@H]3C[C@H](C2)c2ccc(NC(=O)NC4CCCCC4)c(=O)n2C3)CC1. The van der Waals surface area contributed by atoms with E-state index in [9.17, 15) is 14.4 Å². The summed E-state index contributed by atoms with van der Waals surface area (Å²) in [4.78, 5) is 41.9. The van der Waals surface area contributed by atoms with Gasteiger partial charge in [-0.1, -0.05) is 19.3 Å². The molecule has 2 atom stereocenters. The second-order valence-corrected chi connectivity index (χ2v) is 10.5. The zero-order valence-corrected chi connectivity index (χ0v) is 19.7. The number of piperidine rings is 2. The minimum atomic E-state index is -0.265. The Bertz CT molecular complexity index is 946. The Hall–Kier alpha value is -2.35. The number of aromatic nitrogens is 1. The van der Waals surface area contributed by atoms with Crippen molar-refractivity contribution in [1.29, 1.82) is 0 Å². The van der Waals surface area contributed by atoms with E-state index in [0.29, 0.717) is 30.1 Å². The van der Waals surface area contributed by atoms with Crippen molar-refractivity contribution >= 4 is 17.6 Å². The van der Waals surface area contributed by atoms with Crippen LogP contribution in [0.25, 0.3) is 0 Å². The Kier molecular flexibility index (Phi) is 6.45. The number of hydrogen-bond acceptors (Lipinski definition) is 4. The fourth-order valence-electron chi connectivity index (χ4n) is 6.51. The van der Waals surface area contributed by atoms with Crippen molar-refractivity contribution in [3.8, 4) is 0 Å². The highest BCUT2D eigenvalue weighted by Gasteiger charge is 2.38. The second-order valence-electron chi connectivity index (χ2n) is 10.5. The first-order valence-electron chi connectivity index (χ1n) is 12.8. The summed E-state index contributed by atoms with van der Waals surface area (Å²) in [5.41, 5.74) is 1.39. The van der Waals surface area contributed by atoms with Gasteiger partial charge in [-0.05, 0) is 50.2 Å². The fourth-order valence-corrected chi connectivity index (χ4v) is 6.51. The van der Waals surface area contributed by atoms with E-state index in [2.05, 4.69) is 15.5 Å². The molecule has 4 heterocycles. The highest BCUT2D eigenvalue weighted by molar-refractivity contribution is 5.89. The minimum Gasteiger partial charge on any atom is -0.343 e. The van der Waals surface area contributed by atoms with Crippen LogP contribution in [0.2, 0.25) is 0 Å². The van der Waals surface area contributed by atoms with Gasteiger partial charge in [0.05, 0.1) is 0 Å². The van der Waals surface area contributed by atoms with Gasteiger partial charge in [-0.15, -0.1) is 0 Å². The average Bonchev–Trinajstić information content (AvgIpc) is 2.82. The van der Waals surface area contributed by atoms with Gasteiger partial charge in [-0.2, -0.15) is 0 Å².